The van der Waals surface area contributed by atoms with Crippen molar-refractivity contribution in [3.8, 4) is 0 Å². The van der Waals surface area contributed by atoms with E-state index in [0.29, 0.717) is 22.3 Å². The van der Waals surface area contributed by atoms with Gasteiger partial charge in [-0.15, -0.1) is 0 Å². The van der Waals surface area contributed by atoms with Gasteiger partial charge in [0.1, 0.15) is 5.57 Å². The highest BCUT2D eigenvalue weighted by molar-refractivity contribution is 6.31. The third-order valence-electron chi connectivity index (χ3n) is 5.14. The van der Waals surface area contributed by atoms with E-state index in [1.54, 1.807) is 51.4 Å². The number of rotatable bonds is 4. The summed E-state index contributed by atoms with van der Waals surface area (Å²) in [5, 5.41) is 1.12. The topological polar surface area (TPSA) is 103 Å². The number of nitrogens with one attached hydrogen (secondary N) is 1. The van der Waals surface area contributed by atoms with Gasteiger partial charge in [-0.3, -0.25) is 24.1 Å². The van der Waals surface area contributed by atoms with Crippen molar-refractivity contribution in [1.82, 2.24) is 14.6 Å². The predicted molar refractivity (Wildman–Crippen MR) is 114 cm³/mol. The summed E-state index contributed by atoms with van der Waals surface area (Å²) in [5.41, 5.74) is 5.16. The van der Waals surface area contributed by atoms with Gasteiger partial charge in [0.2, 0.25) is 0 Å². The normalized spacial score (nSPS) is 15.1. The fourth-order valence-electron chi connectivity index (χ4n) is 3.48. The number of carbonyl (C=O) groups is 3. The number of aryl methyl sites for hydroxylation is 2. The second-order valence-electron chi connectivity index (χ2n) is 7.06. The molecule has 3 aromatic rings. The first kappa shape index (κ1) is 20.1. The van der Waals surface area contributed by atoms with Crippen LogP contribution in [-0.4, -0.2) is 33.5 Å². The van der Waals surface area contributed by atoms with E-state index in [-0.39, 0.29) is 17.9 Å². The van der Waals surface area contributed by atoms with Gasteiger partial charge in [0, 0.05) is 14.1 Å². The van der Waals surface area contributed by atoms with E-state index in [4.69, 9.17) is 4.74 Å². The van der Waals surface area contributed by atoms with Gasteiger partial charge in [-0.05, 0) is 55.0 Å². The maximum Gasteiger partial charge on any atom is 0.338 e. The molecule has 0 saturated carbocycles. The minimum Gasteiger partial charge on any atom is -0.462 e. The Bertz CT molecular complexity index is 1310. The third-order valence-corrected chi connectivity index (χ3v) is 5.14. The number of fused-ring (bicyclic) bond motifs is 1. The van der Waals surface area contributed by atoms with Crippen LogP contribution in [0.2, 0.25) is 0 Å². The monoisotopic (exact) mass is 420 g/mol. The van der Waals surface area contributed by atoms with E-state index in [2.05, 4.69) is 5.43 Å². The molecular weight excluding hydrogens is 400 g/mol. The summed E-state index contributed by atoms with van der Waals surface area (Å²) in [6.07, 6.45) is 1.49. The van der Waals surface area contributed by atoms with E-state index >= 15 is 0 Å². The Labute approximate surface area is 177 Å². The number of hydrogen-bond donors (Lipinski definition) is 1. The molecule has 9 heteroatoms. The van der Waals surface area contributed by atoms with Crippen LogP contribution in [-0.2, 0) is 28.4 Å². The zero-order valence-corrected chi connectivity index (χ0v) is 17.2. The Morgan fingerprint density at radius 1 is 1.00 bits per heavy atom. The smallest absolute Gasteiger partial charge is 0.338 e. The minimum absolute atomic E-state index is 0.0326. The molecule has 1 N–H and O–H groups in total. The zero-order valence-electron chi connectivity index (χ0n) is 17.2. The van der Waals surface area contributed by atoms with Crippen LogP contribution in [0.5, 0.6) is 0 Å². The maximum atomic E-state index is 12.9. The Morgan fingerprint density at radius 3 is 2.35 bits per heavy atom. The molecule has 1 aromatic heterocycles. The molecular formula is C22H20N4O5. The van der Waals surface area contributed by atoms with Crippen molar-refractivity contribution in [2.45, 2.75) is 6.92 Å². The highest BCUT2D eigenvalue weighted by Crippen LogP contribution is 2.23. The number of carbonyl (C=O) groups excluding carboxylic acids is 3. The van der Waals surface area contributed by atoms with E-state index < -0.39 is 17.8 Å². The molecule has 2 amide bonds. The highest BCUT2D eigenvalue weighted by atomic mass is 16.5. The largest absolute Gasteiger partial charge is 0.462 e. The van der Waals surface area contributed by atoms with Gasteiger partial charge in [0.15, 0.2) is 0 Å². The van der Waals surface area contributed by atoms with Gasteiger partial charge < -0.3 is 4.74 Å². The fraction of sp³-hybridized carbons (Fsp3) is 0.182. The molecule has 0 aliphatic carbocycles. The number of ether oxygens (including phenoxy) is 1. The Balaban J connectivity index is 1.63. The van der Waals surface area contributed by atoms with Crippen LogP contribution >= 0.6 is 0 Å². The average molecular weight is 420 g/mol. The van der Waals surface area contributed by atoms with Crippen molar-refractivity contribution in [2.24, 2.45) is 14.1 Å². The summed E-state index contributed by atoms with van der Waals surface area (Å²) in [5.74, 6) is -1.52. The lowest BCUT2D eigenvalue weighted by Crippen LogP contribution is -2.35. The molecule has 0 bridgehead atoms. The standard InChI is InChI=1S/C22H20N4O5/c1-4-31-21(29)14-6-8-15(9-7-14)26-20(28)16(19(27)23-26)11-13-5-10-17-18(12-13)25(3)22(30)24(17)2/h5-12H,4H2,1-3H3,(H,23,27)/b16-11-. The van der Waals surface area contributed by atoms with Crippen molar-refractivity contribution < 1.29 is 19.1 Å². The van der Waals surface area contributed by atoms with Crippen molar-refractivity contribution >= 4 is 40.6 Å². The molecule has 0 spiro atoms. The van der Waals surface area contributed by atoms with Gasteiger partial charge >= 0.3 is 11.7 Å². The molecule has 2 heterocycles. The van der Waals surface area contributed by atoms with Crippen LogP contribution in [0.15, 0.2) is 52.8 Å². The molecule has 0 atom stereocenters. The van der Waals surface area contributed by atoms with Crippen molar-refractivity contribution in [3.63, 3.8) is 0 Å². The lowest BCUT2D eigenvalue weighted by atomic mass is 10.1. The maximum absolute atomic E-state index is 12.9. The van der Waals surface area contributed by atoms with Crippen molar-refractivity contribution in [1.29, 1.82) is 0 Å². The molecule has 158 valence electrons. The molecule has 0 radical (unpaired) electrons. The number of anilines is 1. The predicted octanol–water partition coefficient (Wildman–Crippen LogP) is 1.52. The Hall–Kier alpha value is -4.14. The number of aromatic nitrogens is 2. The second kappa shape index (κ2) is 7.60. The van der Waals surface area contributed by atoms with Gasteiger partial charge in [0.25, 0.3) is 11.8 Å². The summed E-state index contributed by atoms with van der Waals surface area (Å²) in [6, 6.07) is 11.4. The average Bonchev–Trinajstić information content (AvgIpc) is 3.17. The highest BCUT2D eigenvalue weighted by Gasteiger charge is 2.34. The lowest BCUT2D eigenvalue weighted by molar-refractivity contribution is -0.117. The van der Waals surface area contributed by atoms with Crippen LogP contribution in [0.4, 0.5) is 5.69 Å². The van der Waals surface area contributed by atoms with E-state index in [0.717, 1.165) is 10.5 Å². The van der Waals surface area contributed by atoms with Gasteiger partial charge in [0.05, 0.1) is 28.9 Å². The summed E-state index contributed by atoms with van der Waals surface area (Å²) < 4.78 is 7.98. The first-order valence-electron chi connectivity index (χ1n) is 9.61. The molecule has 1 fully saturated rings. The molecule has 1 aliphatic rings. The number of hydrazine groups is 1. The number of benzene rings is 2. The van der Waals surface area contributed by atoms with Crippen LogP contribution in [0, 0.1) is 0 Å². The molecule has 31 heavy (non-hydrogen) atoms. The molecule has 1 saturated heterocycles. The van der Waals surface area contributed by atoms with E-state index in [1.165, 1.54) is 27.3 Å². The van der Waals surface area contributed by atoms with Crippen LogP contribution in [0.1, 0.15) is 22.8 Å². The third kappa shape index (κ3) is 3.39. The number of esters is 1. The molecule has 0 unspecified atom stereocenters. The van der Waals surface area contributed by atoms with Gasteiger partial charge in [-0.25, -0.2) is 14.6 Å². The van der Waals surface area contributed by atoms with Crippen LogP contribution in [0.25, 0.3) is 17.1 Å². The Kier molecular flexibility index (Phi) is 4.94. The van der Waals surface area contributed by atoms with Crippen LogP contribution in [0.3, 0.4) is 0 Å². The summed E-state index contributed by atoms with van der Waals surface area (Å²) in [6.45, 7) is 1.98. The number of hydrogen-bond acceptors (Lipinski definition) is 5. The minimum atomic E-state index is -0.540. The summed E-state index contributed by atoms with van der Waals surface area (Å²) in [4.78, 5) is 49.2. The number of amides is 2. The molecule has 1 aliphatic heterocycles. The van der Waals surface area contributed by atoms with Gasteiger partial charge in [-0.1, -0.05) is 6.07 Å². The number of nitrogens with zero attached hydrogens (tertiary/aromatic N) is 3. The van der Waals surface area contributed by atoms with Gasteiger partial charge in [-0.2, -0.15) is 0 Å². The molecule has 4 rings (SSSR count). The SMILES string of the molecule is CCOC(=O)c1ccc(N2NC(=O)/C(=C/c3ccc4c(c3)n(C)c(=O)n4C)C2=O)cc1. The lowest BCUT2D eigenvalue weighted by Gasteiger charge is -2.14. The van der Waals surface area contributed by atoms with E-state index in [1.807, 2.05) is 0 Å². The van der Waals surface area contributed by atoms with Crippen molar-refractivity contribution in [3.05, 3.63) is 69.6 Å². The summed E-state index contributed by atoms with van der Waals surface area (Å²) in [7, 11) is 3.35. The van der Waals surface area contributed by atoms with Crippen molar-refractivity contribution in [2.75, 3.05) is 11.6 Å². The second-order valence-corrected chi connectivity index (χ2v) is 7.06. The Morgan fingerprint density at radius 2 is 1.68 bits per heavy atom. The first-order valence-corrected chi connectivity index (χ1v) is 9.61. The molecule has 2 aromatic carbocycles. The van der Waals surface area contributed by atoms with Crippen LogP contribution < -0.4 is 16.1 Å². The first-order chi connectivity index (χ1) is 14.8. The number of imidazole rings is 1. The molecule has 9 nitrogen and oxygen atoms in total. The fourth-order valence-corrected chi connectivity index (χ4v) is 3.48. The van der Waals surface area contributed by atoms with E-state index in [9.17, 15) is 19.2 Å². The quantitative estimate of drug-likeness (QED) is 0.392. The zero-order chi connectivity index (χ0) is 22.3. The summed E-state index contributed by atoms with van der Waals surface area (Å²) >= 11 is 0.